The van der Waals surface area contributed by atoms with E-state index in [-0.39, 0.29) is 46.6 Å². The van der Waals surface area contributed by atoms with E-state index in [0.29, 0.717) is 32.0 Å². The third kappa shape index (κ3) is 4.78. The number of ether oxygens (including phenoxy) is 2. The van der Waals surface area contributed by atoms with Crippen LogP contribution < -0.4 is 5.73 Å². The molecule has 264 valence electrons. The maximum atomic E-state index is 13.4. The summed E-state index contributed by atoms with van der Waals surface area (Å²) in [6.07, 6.45) is 6.89. The highest BCUT2D eigenvalue weighted by Crippen LogP contribution is 2.75. The number of aliphatic hydroxyl groups is 3. The molecular formula is C35H57N5O7. The molecule has 5 aliphatic rings. The summed E-state index contributed by atoms with van der Waals surface area (Å²) in [5, 5.41) is 54.1. The molecule has 12 heteroatoms. The van der Waals surface area contributed by atoms with Crippen LogP contribution in [-0.4, -0.2) is 91.3 Å². The number of anilines is 1. The monoisotopic (exact) mass is 659 g/mol. The highest BCUT2D eigenvalue weighted by molar-refractivity contribution is 5.73. The van der Waals surface area contributed by atoms with Gasteiger partial charge in [0.2, 0.25) is 0 Å². The molecule has 0 aromatic carbocycles. The van der Waals surface area contributed by atoms with Crippen LogP contribution in [0.3, 0.4) is 0 Å². The van der Waals surface area contributed by atoms with Gasteiger partial charge in [-0.1, -0.05) is 65.2 Å². The summed E-state index contributed by atoms with van der Waals surface area (Å²) < 4.78 is 13.0. The summed E-state index contributed by atoms with van der Waals surface area (Å²) >= 11 is 0. The van der Waals surface area contributed by atoms with Crippen LogP contribution in [0.2, 0.25) is 0 Å². The van der Waals surface area contributed by atoms with Gasteiger partial charge in [0, 0.05) is 10.8 Å². The van der Waals surface area contributed by atoms with Crippen molar-refractivity contribution in [2.75, 3.05) is 38.8 Å². The number of rotatable bonds is 9. The van der Waals surface area contributed by atoms with Gasteiger partial charge >= 0.3 is 5.97 Å². The Morgan fingerprint density at radius 2 is 1.83 bits per heavy atom. The lowest BCUT2D eigenvalue weighted by molar-refractivity contribution is -0.260. The Hall–Kier alpha value is -2.12. The molecule has 47 heavy (non-hydrogen) atoms. The molecule has 4 aliphatic carbocycles. The zero-order valence-electron chi connectivity index (χ0n) is 29.3. The maximum absolute atomic E-state index is 13.4. The fraction of sp³-hybridized carbons (Fsp3) is 0.886. The van der Waals surface area contributed by atoms with E-state index in [1.165, 1.54) is 10.4 Å². The Kier molecular flexibility index (Phi) is 8.47. The lowest BCUT2D eigenvalue weighted by atomic mass is 9.34. The molecule has 0 spiro atoms. The maximum Gasteiger partial charge on any atom is 0.307 e. The van der Waals surface area contributed by atoms with Gasteiger partial charge in [-0.2, -0.15) is 4.80 Å². The van der Waals surface area contributed by atoms with Crippen LogP contribution in [0.15, 0.2) is 11.6 Å². The molecule has 0 unspecified atom stereocenters. The van der Waals surface area contributed by atoms with Gasteiger partial charge in [-0.15, -0.1) is 5.10 Å². The van der Waals surface area contributed by atoms with E-state index in [0.717, 1.165) is 25.7 Å². The molecule has 0 radical (unpaired) electrons. The van der Waals surface area contributed by atoms with Gasteiger partial charge in [0.1, 0.15) is 11.6 Å². The van der Waals surface area contributed by atoms with Crippen LogP contribution in [-0.2, 0) is 14.3 Å². The Bertz CT molecular complexity index is 1400. The number of tetrazole rings is 1. The van der Waals surface area contributed by atoms with Crippen LogP contribution in [0.1, 0.15) is 93.0 Å². The highest BCUT2D eigenvalue weighted by Gasteiger charge is 2.72. The van der Waals surface area contributed by atoms with Crippen molar-refractivity contribution in [3.63, 3.8) is 0 Å². The number of nitrogen functional groups attached to an aromatic ring is 1. The standard InChI is InChI=1S/C35H57N5O7/c1-20(2)21(3)30(4)12-13-32(6)22-8-9-25-31(5)17-46-19-35(25,23(22)10-11-33(32,7)26(30)28(43)44)14-24(40-38-29(36)37-39-40)27(31)47-18-34(45,15-41)16-42/h10,20-22,24-27,41-42,45H,8-9,11-19H2,1-7H3,(H2,36,38)(H,43,44)/t21-,22+,24-,25+,26-,27+,30-,31+,32-,33+,35+/m1/s1. The predicted octanol–water partition coefficient (Wildman–Crippen LogP) is 3.49. The van der Waals surface area contributed by atoms with Crippen molar-refractivity contribution < 1.29 is 34.7 Å². The van der Waals surface area contributed by atoms with Gasteiger partial charge in [-0.25, -0.2) is 0 Å². The first-order valence-electron chi connectivity index (χ1n) is 17.6. The number of aliphatic carboxylic acids is 1. The van der Waals surface area contributed by atoms with E-state index >= 15 is 0 Å². The van der Waals surface area contributed by atoms with Crippen molar-refractivity contribution >= 4 is 11.9 Å². The first-order valence-corrected chi connectivity index (χ1v) is 17.6. The third-order valence-corrected chi connectivity index (χ3v) is 15.0. The molecule has 1 aromatic heterocycles. The average molecular weight is 660 g/mol. The van der Waals surface area contributed by atoms with Crippen molar-refractivity contribution in [3.8, 4) is 0 Å². The van der Waals surface area contributed by atoms with E-state index in [4.69, 9.17) is 15.2 Å². The fourth-order valence-electron chi connectivity index (χ4n) is 11.9. The first kappa shape index (κ1) is 34.7. The number of carbonyl (C=O) groups is 1. The minimum Gasteiger partial charge on any atom is -0.481 e. The molecule has 1 saturated heterocycles. The van der Waals surface area contributed by atoms with Gasteiger partial charge < -0.3 is 35.6 Å². The van der Waals surface area contributed by atoms with Crippen molar-refractivity contribution in [1.82, 2.24) is 20.2 Å². The second-order valence-electron chi connectivity index (χ2n) is 17.4. The zero-order chi connectivity index (χ0) is 34.4. The van der Waals surface area contributed by atoms with Gasteiger partial charge in [0.15, 0.2) is 0 Å². The molecule has 3 saturated carbocycles. The fourth-order valence-corrected chi connectivity index (χ4v) is 11.9. The van der Waals surface area contributed by atoms with Crippen LogP contribution in [0.4, 0.5) is 5.95 Å². The lowest BCUT2D eigenvalue weighted by Crippen LogP contribution is -2.69. The molecule has 12 nitrogen and oxygen atoms in total. The summed E-state index contributed by atoms with van der Waals surface area (Å²) in [6, 6.07) is -0.402. The van der Waals surface area contributed by atoms with E-state index in [1.807, 2.05) is 0 Å². The Labute approximate surface area is 278 Å². The number of nitrogens with zero attached hydrogens (tertiary/aromatic N) is 4. The third-order valence-electron chi connectivity index (χ3n) is 15.0. The molecular weight excluding hydrogens is 602 g/mol. The summed E-state index contributed by atoms with van der Waals surface area (Å²) in [4.78, 5) is 14.9. The molecule has 4 fully saturated rings. The van der Waals surface area contributed by atoms with Crippen molar-refractivity contribution in [3.05, 3.63) is 11.6 Å². The van der Waals surface area contributed by atoms with Gasteiger partial charge in [-0.05, 0) is 83.7 Å². The van der Waals surface area contributed by atoms with Gasteiger partial charge in [0.25, 0.3) is 5.95 Å². The molecule has 1 aromatic rings. The number of nitrogens with two attached hydrogens (primary N) is 1. The van der Waals surface area contributed by atoms with E-state index in [9.17, 15) is 25.2 Å². The molecule has 6 rings (SSSR count). The number of aliphatic hydroxyl groups excluding tert-OH is 2. The normalized spacial score (nSPS) is 43.8. The average Bonchev–Trinajstić information content (AvgIpc) is 3.45. The summed E-state index contributed by atoms with van der Waals surface area (Å²) in [5.41, 5.74) is 3.71. The summed E-state index contributed by atoms with van der Waals surface area (Å²) in [6.45, 7) is 15.1. The number of fused-ring (bicyclic) bond motifs is 3. The SMILES string of the molecule is CC(C)[C@@H](C)[C@@]1(C)CC[C@]2(C)[C@H]3CC[C@@H]4[C@@]5(COC[C@]4(C)[C@@H](OCC(O)(CO)CO)[C@H](n4nnc(N)n4)C5)C3=CC[C@@]2(C)[C@@H]1C(=O)O. The Morgan fingerprint density at radius 3 is 2.43 bits per heavy atom. The number of carboxylic acids is 1. The van der Waals surface area contributed by atoms with E-state index < -0.39 is 53.7 Å². The zero-order valence-corrected chi connectivity index (χ0v) is 29.3. The van der Waals surface area contributed by atoms with Crippen LogP contribution in [0.5, 0.6) is 0 Å². The number of carboxylic acid groups (broad SMARTS) is 1. The van der Waals surface area contributed by atoms with Crippen molar-refractivity contribution in [2.24, 2.45) is 56.7 Å². The number of hydrogen-bond donors (Lipinski definition) is 5. The number of allylic oxidation sites excluding steroid dienone is 1. The van der Waals surface area contributed by atoms with Crippen LogP contribution >= 0.6 is 0 Å². The topological polar surface area (TPSA) is 186 Å². The Morgan fingerprint density at radius 1 is 1.13 bits per heavy atom. The largest absolute Gasteiger partial charge is 0.481 e. The van der Waals surface area contributed by atoms with Gasteiger partial charge in [-0.3, -0.25) is 4.79 Å². The van der Waals surface area contributed by atoms with Crippen LogP contribution in [0, 0.1) is 56.7 Å². The van der Waals surface area contributed by atoms with Crippen molar-refractivity contribution in [2.45, 2.75) is 105 Å². The lowest BCUT2D eigenvalue weighted by Gasteiger charge is -2.71. The van der Waals surface area contributed by atoms with Crippen molar-refractivity contribution in [1.29, 1.82) is 0 Å². The Balaban J connectivity index is 1.44. The quantitative estimate of drug-likeness (QED) is 0.244. The predicted molar refractivity (Wildman–Crippen MR) is 174 cm³/mol. The number of aromatic nitrogens is 4. The second-order valence-corrected chi connectivity index (χ2v) is 17.4. The minimum absolute atomic E-state index is 0.0550. The smallest absolute Gasteiger partial charge is 0.307 e. The number of hydrogen-bond acceptors (Lipinski definition) is 10. The first-order chi connectivity index (χ1) is 22.0. The van der Waals surface area contributed by atoms with E-state index in [1.54, 1.807) is 0 Å². The summed E-state index contributed by atoms with van der Waals surface area (Å²) in [7, 11) is 0. The van der Waals surface area contributed by atoms with Crippen LogP contribution in [0.25, 0.3) is 0 Å². The van der Waals surface area contributed by atoms with E-state index in [2.05, 4.69) is 70.0 Å². The summed E-state index contributed by atoms with van der Waals surface area (Å²) in [5.74, 6) is -0.0558. The second kappa shape index (κ2) is 11.5. The van der Waals surface area contributed by atoms with Gasteiger partial charge in [0.05, 0.1) is 45.1 Å². The molecule has 6 N–H and O–H groups in total. The minimum atomic E-state index is -1.80. The molecule has 2 heterocycles. The molecule has 0 amide bonds. The molecule has 11 atom stereocenters. The molecule has 2 bridgehead atoms. The highest BCUT2D eigenvalue weighted by atomic mass is 16.5. The molecule has 1 aliphatic heterocycles.